The van der Waals surface area contributed by atoms with Crippen LogP contribution in [0.5, 0.6) is 5.75 Å². The summed E-state index contributed by atoms with van der Waals surface area (Å²) in [6, 6.07) is 11.9. The number of ether oxygens (including phenoxy) is 1. The lowest BCUT2D eigenvalue weighted by Crippen LogP contribution is -2.37. The molecule has 2 atom stereocenters. The first-order chi connectivity index (χ1) is 12.0. The summed E-state index contributed by atoms with van der Waals surface area (Å²) in [4.78, 5) is 23.9. The van der Waals surface area contributed by atoms with Crippen molar-refractivity contribution in [2.24, 2.45) is 0 Å². The predicted octanol–water partition coefficient (Wildman–Crippen LogP) is 2.75. The fraction of sp³-hybridized carbons (Fsp3) is 0.263. The van der Waals surface area contributed by atoms with Crippen molar-refractivity contribution >= 4 is 17.5 Å². The Morgan fingerprint density at radius 3 is 2.48 bits per heavy atom. The molecule has 0 saturated heterocycles. The number of nitrogens with one attached hydrogen (secondary N) is 2. The van der Waals surface area contributed by atoms with Gasteiger partial charge in [-0.2, -0.15) is 0 Å². The van der Waals surface area contributed by atoms with Gasteiger partial charge in [-0.25, -0.2) is 4.39 Å². The minimum absolute atomic E-state index is 0.0681. The van der Waals surface area contributed by atoms with E-state index in [1.165, 1.54) is 6.07 Å². The Morgan fingerprint density at radius 1 is 1.12 bits per heavy atom. The van der Waals surface area contributed by atoms with Crippen LogP contribution in [0.1, 0.15) is 23.5 Å². The van der Waals surface area contributed by atoms with Crippen molar-refractivity contribution < 1.29 is 18.7 Å². The van der Waals surface area contributed by atoms with E-state index in [9.17, 15) is 14.0 Å². The molecule has 25 heavy (non-hydrogen) atoms. The number of methoxy groups -OCH3 is 1. The minimum atomic E-state index is -0.802. The third-order valence-electron chi connectivity index (χ3n) is 4.29. The van der Waals surface area contributed by atoms with Gasteiger partial charge in [0.1, 0.15) is 11.6 Å². The van der Waals surface area contributed by atoms with Crippen LogP contribution in [0, 0.1) is 12.7 Å². The second kappa shape index (κ2) is 6.93. The molecule has 0 aromatic heterocycles. The molecule has 0 aliphatic heterocycles. The second-order valence-corrected chi connectivity index (χ2v) is 6.11. The standard InChI is InChI=1S/C19H19FN2O3/c1-11-3-6-13(9-16(11)20)21-18(23)19(24)22-17-10-15(17)12-4-7-14(25-2)8-5-12/h3-9,15,17H,10H2,1-2H3,(H,21,23)(H,22,24)/t15-,17-/m1/s1. The molecule has 0 radical (unpaired) electrons. The van der Waals surface area contributed by atoms with E-state index < -0.39 is 17.6 Å². The topological polar surface area (TPSA) is 67.4 Å². The van der Waals surface area contributed by atoms with Crippen molar-refractivity contribution in [3.8, 4) is 5.75 Å². The van der Waals surface area contributed by atoms with Crippen LogP contribution in [-0.2, 0) is 9.59 Å². The van der Waals surface area contributed by atoms with E-state index in [0.717, 1.165) is 17.7 Å². The van der Waals surface area contributed by atoms with E-state index in [0.29, 0.717) is 5.56 Å². The Hall–Kier alpha value is -2.89. The summed E-state index contributed by atoms with van der Waals surface area (Å²) in [5, 5.41) is 5.11. The lowest BCUT2D eigenvalue weighted by molar-refractivity contribution is -0.136. The van der Waals surface area contributed by atoms with Gasteiger partial charge < -0.3 is 15.4 Å². The zero-order valence-corrected chi connectivity index (χ0v) is 14.0. The molecular formula is C19H19FN2O3. The number of carbonyl (C=O) groups excluding carboxylic acids is 2. The molecule has 0 bridgehead atoms. The van der Waals surface area contributed by atoms with Gasteiger partial charge in [0.25, 0.3) is 0 Å². The number of aryl methyl sites for hydroxylation is 1. The first kappa shape index (κ1) is 17.0. The van der Waals surface area contributed by atoms with Crippen LogP contribution >= 0.6 is 0 Å². The van der Waals surface area contributed by atoms with Gasteiger partial charge in [-0.1, -0.05) is 18.2 Å². The Labute approximate surface area is 145 Å². The molecule has 1 fully saturated rings. The molecule has 2 aromatic rings. The molecule has 130 valence electrons. The molecule has 1 aliphatic rings. The average Bonchev–Trinajstić information content (AvgIpc) is 3.37. The molecular weight excluding hydrogens is 323 g/mol. The number of anilines is 1. The zero-order chi connectivity index (χ0) is 18.0. The van der Waals surface area contributed by atoms with Gasteiger partial charge in [-0.3, -0.25) is 9.59 Å². The molecule has 0 unspecified atom stereocenters. The molecule has 3 rings (SSSR count). The molecule has 1 saturated carbocycles. The summed E-state index contributed by atoms with van der Waals surface area (Å²) in [6.45, 7) is 1.63. The molecule has 5 nitrogen and oxygen atoms in total. The highest BCUT2D eigenvalue weighted by Crippen LogP contribution is 2.41. The molecule has 2 amide bonds. The molecule has 2 N–H and O–H groups in total. The first-order valence-electron chi connectivity index (χ1n) is 8.00. The molecule has 2 aromatic carbocycles. The van der Waals surface area contributed by atoms with Crippen LogP contribution in [0.25, 0.3) is 0 Å². The van der Waals surface area contributed by atoms with Gasteiger partial charge >= 0.3 is 11.8 Å². The Balaban J connectivity index is 1.53. The second-order valence-electron chi connectivity index (χ2n) is 6.11. The normalized spacial score (nSPS) is 18.4. The quantitative estimate of drug-likeness (QED) is 0.840. The van der Waals surface area contributed by atoms with Crippen LogP contribution in [0.2, 0.25) is 0 Å². The third-order valence-corrected chi connectivity index (χ3v) is 4.29. The molecule has 0 heterocycles. The van der Waals surface area contributed by atoms with Gasteiger partial charge in [0.05, 0.1) is 7.11 Å². The maximum atomic E-state index is 13.5. The van der Waals surface area contributed by atoms with Crippen LogP contribution in [0.4, 0.5) is 10.1 Å². The van der Waals surface area contributed by atoms with E-state index in [1.54, 1.807) is 26.2 Å². The van der Waals surface area contributed by atoms with Gasteiger partial charge in [-0.15, -0.1) is 0 Å². The van der Waals surface area contributed by atoms with E-state index in [4.69, 9.17) is 4.74 Å². The van der Waals surface area contributed by atoms with E-state index in [1.807, 2.05) is 24.3 Å². The number of rotatable bonds is 4. The summed E-state index contributed by atoms with van der Waals surface area (Å²) in [5.74, 6) is -0.986. The van der Waals surface area contributed by atoms with E-state index in [-0.39, 0.29) is 17.6 Å². The van der Waals surface area contributed by atoms with Crippen molar-refractivity contribution in [2.75, 3.05) is 12.4 Å². The van der Waals surface area contributed by atoms with Crippen LogP contribution in [0.3, 0.4) is 0 Å². The number of carbonyl (C=O) groups is 2. The van der Waals surface area contributed by atoms with Gasteiger partial charge in [-0.05, 0) is 48.7 Å². The Kier molecular flexibility index (Phi) is 4.70. The fourth-order valence-electron chi connectivity index (χ4n) is 2.67. The number of halogens is 1. The van der Waals surface area contributed by atoms with Crippen LogP contribution in [-0.4, -0.2) is 25.0 Å². The van der Waals surface area contributed by atoms with E-state index in [2.05, 4.69) is 10.6 Å². The highest BCUT2D eigenvalue weighted by atomic mass is 19.1. The largest absolute Gasteiger partial charge is 0.497 e. The molecule has 0 spiro atoms. The van der Waals surface area contributed by atoms with E-state index >= 15 is 0 Å². The number of hydrogen-bond acceptors (Lipinski definition) is 3. The minimum Gasteiger partial charge on any atom is -0.497 e. The summed E-state index contributed by atoms with van der Waals surface area (Å²) in [5.41, 5.74) is 1.82. The number of amides is 2. The predicted molar refractivity (Wildman–Crippen MR) is 92.0 cm³/mol. The summed E-state index contributed by atoms with van der Waals surface area (Å²) in [6.07, 6.45) is 0.782. The smallest absolute Gasteiger partial charge is 0.313 e. The van der Waals surface area contributed by atoms with Crippen molar-refractivity contribution in [3.05, 3.63) is 59.4 Å². The van der Waals surface area contributed by atoms with Crippen molar-refractivity contribution in [1.82, 2.24) is 5.32 Å². The molecule has 1 aliphatic carbocycles. The van der Waals surface area contributed by atoms with Gasteiger partial charge in [0.2, 0.25) is 0 Å². The summed E-state index contributed by atoms with van der Waals surface area (Å²) < 4.78 is 18.6. The Bertz CT molecular complexity index is 805. The maximum absolute atomic E-state index is 13.5. The maximum Gasteiger partial charge on any atom is 0.313 e. The fourth-order valence-corrected chi connectivity index (χ4v) is 2.67. The van der Waals surface area contributed by atoms with Crippen molar-refractivity contribution in [2.45, 2.75) is 25.3 Å². The van der Waals surface area contributed by atoms with Crippen LogP contribution < -0.4 is 15.4 Å². The van der Waals surface area contributed by atoms with Gasteiger partial charge in [0, 0.05) is 17.6 Å². The average molecular weight is 342 g/mol. The van der Waals surface area contributed by atoms with Crippen LogP contribution in [0.15, 0.2) is 42.5 Å². The number of benzene rings is 2. The monoisotopic (exact) mass is 342 g/mol. The lowest BCUT2D eigenvalue weighted by atomic mass is 10.1. The summed E-state index contributed by atoms with van der Waals surface area (Å²) in [7, 11) is 1.60. The van der Waals surface area contributed by atoms with Crippen molar-refractivity contribution in [1.29, 1.82) is 0 Å². The SMILES string of the molecule is COc1ccc([C@H]2C[C@H]2NC(=O)C(=O)Nc2ccc(C)c(F)c2)cc1. The zero-order valence-electron chi connectivity index (χ0n) is 14.0. The molecule has 6 heteroatoms. The van der Waals surface area contributed by atoms with Gasteiger partial charge in [0.15, 0.2) is 0 Å². The third kappa shape index (κ3) is 3.96. The Morgan fingerprint density at radius 2 is 1.84 bits per heavy atom. The highest BCUT2D eigenvalue weighted by molar-refractivity contribution is 6.39. The first-order valence-corrected chi connectivity index (χ1v) is 8.00. The summed E-state index contributed by atoms with van der Waals surface area (Å²) >= 11 is 0. The highest BCUT2D eigenvalue weighted by Gasteiger charge is 2.40. The van der Waals surface area contributed by atoms with Crippen molar-refractivity contribution in [3.63, 3.8) is 0 Å². The lowest BCUT2D eigenvalue weighted by Gasteiger charge is -2.07. The number of hydrogen-bond donors (Lipinski definition) is 2.